The van der Waals surface area contributed by atoms with Crippen LogP contribution < -0.4 is 0 Å². The number of allylic oxidation sites excluding steroid dienone is 2. The molecule has 0 aliphatic heterocycles. The summed E-state index contributed by atoms with van der Waals surface area (Å²) in [6.07, 6.45) is 0.0743. The first-order valence-corrected chi connectivity index (χ1v) is 6.26. The molecule has 0 amide bonds. The average Bonchev–Trinajstić information content (AvgIpc) is 2.89. The molecule has 1 aromatic carbocycles. The van der Waals surface area contributed by atoms with Gasteiger partial charge in [0.2, 0.25) is 0 Å². The van der Waals surface area contributed by atoms with Gasteiger partial charge in [-0.2, -0.15) is 10.5 Å². The minimum Gasteiger partial charge on any atom is -0.294 e. The van der Waals surface area contributed by atoms with Crippen LogP contribution in [0.25, 0.3) is 15.7 Å². The number of hydrogen-bond donors (Lipinski definition) is 0. The third kappa shape index (κ3) is 1.56. The summed E-state index contributed by atoms with van der Waals surface area (Å²) in [6, 6.07) is 7.86. The number of hydrogen-bond acceptors (Lipinski definition) is 4. The van der Waals surface area contributed by atoms with Crippen LogP contribution in [-0.2, 0) is 0 Å². The predicted octanol–water partition coefficient (Wildman–Crippen LogP) is 3.43. The lowest BCUT2D eigenvalue weighted by molar-refractivity contribution is 0.101. The van der Waals surface area contributed by atoms with E-state index in [0.29, 0.717) is 26.1 Å². The first-order chi connectivity index (χ1) is 9.15. The van der Waals surface area contributed by atoms with Crippen LogP contribution in [0.5, 0.6) is 0 Å². The number of carbonyl (C=O) groups is 1. The molecule has 19 heavy (non-hydrogen) atoms. The van der Waals surface area contributed by atoms with Gasteiger partial charge in [0.25, 0.3) is 0 Å². The summed E-state index contributed by atoms with van der Waals surface area (Å²) in [6.45, 7) is 0. The Kier molecular flexibility index (Phi) is 2.45. The molecule has 0 N–H and O–H groups in total. The largest absolute Gasteiger partial charge is 0.294 e. The molecule has 0 fully saturated rings. The van der Waals surface area contributed by atoms with Gasteiger partial charge >= 0.3 is 0 Å². The number of carbonyl (C=O) groups excluding carboxylic acids is 1. The van der Waals surface area contributed by atoms with E-state index < -0.39 is 0 Å². The summed E-state index contributed by atoms with van der Waals surface area (Å²) >= 11 is 1.25. The third-order valence-electron chi connectivity index (χ3n) is 3.07. The minimum absolute atomic E-state index is 0.0425. The van der Waals surface area contributed by atoms with Crippen molar-refractivity contribution < 1.29 is 9.18 Å². The first-order valence-electron chi connectivity index (χ1n) is 5.44. The number of fused-ring (bicyclic) bond motifs is 3. The quantitative estimate of drug-likeness (QED) is 0.687. The topological polar surface area (TPSA) is 64.7 Å². The fraction of sp³-hybridized carbons (Fsp3) is 0.0714. The second-order valence-electron chi connectivity index (χ2n) is 4.12. The third-order valence-corrected chi connectivity index (χ3v) is 4.28. The van der Waals surface area contributed by atoms with Crippen molar-refractivity contribution in [3.05, 3.63) is 40.0 Å². The Morgan fingerprint density at radius 2 is 2.05 bits per heavy atom. The zero-order chi connectivity index (χ0) is 13.6. The van der Waals surface area contributed by atoms with E-state index >= 15 is 0 Å². The molecule has 0 radical (unpaired) electrons. The SMILES string of the molecule is N#CC(C#N)=C1CC(=O)c2c1sc1cc(F)ccc21. The van der Waals surface area contributed by atoms with Crippen molar-refractivity contribution in [1.29, 1.82) is 10.5 Å². The van der Waals surface area contributed by atoms with Crippen LogP contribution in [0.1, 0.15) is 21.7 Å². The number of thiophene rings is 1. The molecule has 3 rings (SSSR count). The smallest absolute Gasteiger partial charge is 0.169 e. The lowest BCUT2D eigenvalue weighted by atomic mass is 10.1. The van der Waals surface area contributed by atoms with E-state index in [-0.39, 0.29) is 23.6 Å². The minimum atomic E-state index is -0.369. The van der Waals surface area contributed by atoms with Gasteiger partial charge in [-0.1, -0.05) is 0 Å². The van der Waals surface area contributed by atoms with Gasteiger partial charge in [-0.25, -0.2) is 4.39 Å². The molecule has 90 valence electrons. The van der Waals surface area contributed by atoms with Crippen LogP contribution in [0.3, 0.4) is 0 Å². The molecule has 3 nitrogen and oxygen atoms in total. The summed E-state index contributed by atoms with van der Waals surface area (Å²) in [5.74, 6) is -0.489. The van der Waals surface area contributed by atoms with Gasteiger partial charge in [0.05, 0.1) is 0 Å². The first kappa shape index (κ1) is 11.6. The van der Waals surface area contributed by atoms with Gasteiger partial charge in [-0.15, -0.1) is 11.3 Å². The van der Waals surface area contributed by atoms with E-state index in [1.165, 1.54) is 23.5 Å². The Bertz CT molecular complexity index is 833. The van der Waals surface area contributed by atoms with Gasteiger partial charge in [-0.05, 0) is 18.2 Å². The fourth-order valence-electron chi connectivity index (χ4n) is 2.25. The number of halogens is 1. The summed E-state index contributed by atoms with van der Waals surface area (Å²) in [4.78, 5) is 12.7. The van der Waals surface area contributed by atoms with Crippen molar-refractivity contribution >= 4 is 32.8 Å². The lowest BCUT2D eigenvalue weighted by Gasteiger charge is -1.94. The Morgan fingerprint density at radius 1 is 1.32 bits per heavy atom. The maximum atomic E-state index is 13.2. The molecule has 1 aliphatic rings. The zero-order valence-electron chi connectivity index (χ0n) is 9.53. The number of Topliss-reactive ketones (excluding diaryl/α,β-unsaturated/α-hetero) is 1. The van der Waals surface area contributed by atoms with E-state index in [9.17, 15) is 9.18 Å². The van der Waals surface area contributed by atoms with Crippen LogP contribution in [0.2, 0.25) is 0 Å². The Balaban J connectivity index is 2.39. The van der Waals surface area contributed by atoms with Crippen LogP contribution >= 0.6 is 11.3 Å². The summed E-state index contributed by atoms with van der Waals surface area (Å²) in [5, 5.41) is 18.5. The highest BCUT2D eigenvalue weighted by Gasteiger charge is 2.31. The summed E-state index contributed by atoms with van der Waals surface area (Å²) in [7, 11) is 0. The highest BCUT2D eigenvalue weighted by atomic mass is 32.1. The molecule has 0 unspecified atom stereocenters. The van der Waals surface area contributed by atoms with E-state index in [2.05, 4.69) is 0 Å². The summed E-state index contributed by atoms with van der Waals surface area (Å²) in [5.41, 5.74) is 0.934. The van der Waals surface area contributed by atoms with Gasteiger partial charge in [0, 0.05) is 32.5 Å². The molecule has 0 bridgehead atoms. The standard InChI is InChI=1S/C14H5FN2OS/c15-8-1-2-9-12(3-8)19-14-10(7(5-16)6-17)4-11(18)13(9)14/h1-3H,4H2. The van der Waals surface area contributed by atoms with Crippen molar-refractivity contribution in [1.82, 2.24) is 0 Å². The highest BCUT2D eigenvalue weighted by Crippen LogP contribution is 2.44. The van der Waals surface area contributed by atoms with Crippen LogP contribution in [0, 0.1) is 28.5 Å². The second-order valence-corrected chi connectivity index (χ2v) is 5.18. The van der Waals surface area contributed by atoms with Gasteiger partial charge in [0.15, 0.2) is 5.78 Å². The van der Waals surface area contributed by atoms with E-state index in [0.717, 1.165) is 0 Å². The maximum absolute atomic E-state index is 13.2. The second kappa shape index (κ2) is 4.01. The number of nitrogens with zero attached hydrogens (tertiary/aromatic N) is 2. The van der Waals surface area contributed by atoms with Crippen molar-refractivity contribution in [3.63, 3.8) is 0 Å². The maximum Gasteiger partial charge on any atom is 0.169 e. The molecule has 0 atom stereocenters. The number of ketones is 1. The number of nitriles is 2. The Morgan fingerprint density at radius 3 is 2.74 bits per heavy atom. The Labute approximate surface area is 111 Å². The molecule has 5 heteroatoms. The van der Waals surface area contributed by atoms with E-state index in [1.54, 1.807) is 6.07 Å². The number of rotatable bonds is 0. The van der Waals surface area contributed by atoms with Gasteiger partial charge in [0.1, 0.15) is 23.5 Å². The van der Waals surface area contributed by atoms with Crippen molar-refractivity contribution in [3.8, 4) is 12.1 Å². The van der Waals surface area contributed by atoms with Crippen molar-refractivity contribution in [2.24, 2.45) is 0 Å². The fourth-order valence-corrected chi connectivity index (χ4v) is 3.55. The molecule has 2 aromatic rings. The van der Waals surface area contributed by atoms with Gasteiger partial charge in [-0.3, -0.25) is 4.79 Å². The predicted molar refractivity (Wildman–Crippen MR) is 68.9 cm³/mol. The highest BCUT2D eigenvalue weighted by molar-refractivity contribution is 7.20. The molecule has 0 saturated carbocycles. The van der Waals surface area contributed by atoms with Crippen LogP contribution in [0.4, 0.5) is 4.39 Å². The average molecular weight is 268 g/mol. The van der Waals surface area contributed by atoms with E-state index in [4.69, 9.17) is 10.5 Å². The zero-order valence-corrected chi connectivity index (χ0v) is 10.3. The molecular weight excluding hydrogens is 263 g/mol. The lowest BCUT2D eigenvalue weighted by Crippen LogP contribution is -1.90. The Hall–Kier alpha value is -2.50. The molecule has 1 aromatic heterocycles. The monoisotopic (exact) mass is 268 g/mol. The molecule has 0 saturated heterocycles. The van der Waals surface area contributed by atoms with Gasteiger partial charge < -0.3 is 0 Å². The number of benzene rings is 1. The normalized spacial score (nSPS) is 13.2. The molecular formula is C14H5FN2OS. The molecule has 1 heterocycles. The van der Waals surface area contributed by atoms with Crippen molar-refractivity contribution in [2.45, 2.75) is 6.42 Å². The van der Waals surface area contributed by atoms with Crippen molar-refractivity contribution in [2.75, 3.05) is 0 Å². The summed E-state index contributed by atoms with van der Waals surface area (Å²) < 4.78 is 13.8. The molecule has 1 aliphatic carbocycles. The van der Waals surface area contributed by atoms with Crippen LogP contribution in [0.15, 0.2) is 23.8 Å². The van der Waals surface area contributed by atoms with E-state index in [1.807, 2.05) is 12.1 Å². The van der Waals surface area contributed by atoms with Crippen LogP contribution in [-0.4, -0.2) is 5.78 Å². The molecule has 0 spiro atoms.